The molecule has 4 rings (SSSR count). The monoisotopic (exact) mass is 383 g/mol. The van der Waals surface area contributed by atoms with Crippen LogP contribution in [0.4, 0.5) is 11.5 Å². The van der Waals surface area contributed by atoms with Crippen molar-refractivity contribution in [2.75, 3.05) is 68.9 Å². The Hall–Kier alpha value is -2.87. The molecule has 2 fully saturated rings. The second-order valence-corrected chi connectivity index (χ2v) is 6.84. The van der Waals surface area contributed by atoms with E-state index in [2.05, 4.69) is 26.1 Å². The molecule has 8 heteroatoms. The van der Waals surface area contributed by atoms with Gasteiger partial charge in [-0.1, -0.05) is 18.2 Å². The van der Waals surface area contributed by atoms with Gasteiger partial charge in [-0.05, 0) is 12.1 Å². The highest BCUT2D eigenvalue weighted by Gasteiger charge is 2.23. The summed E-state index contributed by atoms with van der Waals surface area (Å²) >= 11 is 0. The zero-order valence-electron chi connectivity index (χ0n) is 15.9. The van der Waals surface area contributed by atoms with E-state index in [1.807, 2.05) is 35.2 Å². The number of amides is 1. The molecule has 1 amide bonds. The summed E-state index contributed by atoms with van der Waals surface area (Å²) in [6.45, 7) is 6.07. The molecule has 28 heavy (non-hydrogen) atoms. The van der Waals surface area contributed by atoms with Crippen LogP contribution in [-0.4, -0.2) is 80.1 Å². The quantitative estimate of drug-likeness (QED) is 0.764. The molecule has 0 N–H and O–H groups in total. The number of ether oxygens (including phenoxy) is 2. The van der Waals surface area contributed by atoms with Crippen molar-refractivity contribution in [1.82, 2.24) is 15.1 Å². The van der Waals surface area contributed by atoms with E-state index in [0.29, 0.717) is 18.8 Å². The second kappa shape index (κ2) is 8.88. The molecule has 0 radical (unpaired) electrons. The highest BCUT2D eigenvalue weighted by molar-refractivity contribution is 5.78. The Kier molecular flexibility index (Phi) is 5.86. The van der Waals surface area contributed by atoms with Gasteiger partial charge in [0.05, 0.1) is 25.1 Å². The van der Waals surface area contributed by atoms with Gasteiger partial charge in [0.15, 0.2) is 12.4 Å². The lowest BCUT2D eigenvalue weighted by Crippen LogP contribution is -2.50. The van der Waals surface area contributed by atoms with Crippen LogP contribution in [0.15, 0.2) is 42.6 Å². The average molecular weight is 383 g/mol. The van der Waals surface area contributed by atoms with E-state index < -0.39 is 0 Å². The number of para-hydroxylation sites is 1. The van der Waals surface area contributed by atoms with Crippen molar-refractivity contribution in [3.05, 3.63) is 42.6 Å². The predicted octanol–water partition coefficient (Wildman–Crippen LogP) is 1.04. The molecular formula is C20H25N5O3. The summed E-state index contributed by atoms with van der Waals surface area (Å²) in [4.78, 5) is 18.7. The van der Waals surface area contributed by atoms with Crippen molar-refractivity contribution in [3.8, 4) is 5.75 Å². The minimum Gasteiger partial charge on any atom is -0.484 e. The molecule has 2 saturated heterocycles. The van der Waals surface area contributed by atoms with E-state index in [1.165, 1.54) is 0 Å². The third kappa shape index (κ3) is 4.51. The molecule has 0 spiro atoms. The molecule has 1 aromatic carbocycles. The molecule has 8 nitrogen and oxygen atoms in total. The highest BCUT2D eigenvalue weighted by atomic mass is 16.5. The van der Waals surface area contributed by atoms with Crippen LogP contribution in [0.5, 0.6) is 5.75 Å². The number of piperazine rings is 1. The van der Waals surface area contributed by atoms with Crippen molar-refractivity contribution >= 4 is 17.4 Å². The van der Waals surface area contributed by atoms with Crippen LogP contribution in [0.25, 0.3) is 0 Å². The van der Waals surface area contributed by atoms with Crippen LogP contribution < -0.4 is 14.5 Å². The predicted molar refractivity (Wildman–Crippen MR) is 106 cm³/mol. The summed E-state index contributed by atoms with van der Waals surface area (Å²) < 4.78 is 11.0. The molecule has 1 aromatic heterocycles. The maximum Gasteiger partial charge on any atom is 0.260 e. The van der Waals surface area contributed by atoms with Gasteiger partial charge in [0.2, 0.25) is 0 Å². The largest absolute Gasteiger partial charge is 0.484 e. The van der Waals surface area contributed by atoms with Gasteiger partial charge < -0.3 is 24.2 Å². The number of aromatic nitrogens is 2. The van der Waals surface area contributed by atoms with Gasteiger partial charge in [0.25, 0.3) is 5.91 Å². The lowest BCUT2D eigenvalue weighted by Gasteiger charge is -2.36. The number of hydrogen-bond acceptors (Lipinski definition) is 7. The Bertz CT molecular complexity index is 774. The van der Waals surface area contributed by atoms with E-state index in [0.717, 1.165) is 50.9 Å². The summed E-state index contributed by atoms with van der Waals surface area (Å²) in [6.07, 6.45) is 1.79. The average Bonchev–Trinajstić information content (AvgIpc) is 2.79. The molecule has 2 aromatic rings. The SMILES string of the molecule is O=C(COc1ccccc1)N1CCN(c2cnnc(N3CCOCC3)c2)CC1. The Balaban J connectivity index is 1.29. The van der Waals surface area contributed by atoms with E-state index in [4.69, 9.17) is 9.47 Å². The van der Waals surface area contributed by atoms with Gasteiger partial charge in [-0.2, -0.15) is 5.10 Å². The van der Waals surface area contributed by atoms with Crippen molar-refractivity contribution in [1.29, 1.82) is 0 Å². The van der Waals surface area contributed by atoms with Gasteiger partial charge in [0, 0.05) is 45.3 Å². The van der Waals surface area contributed by atoms with E-state index in [1.54, 1.807) is 6.20 Å². The summed E-state index contributed by atoms with van der Waals surface area (Å²) in [5.74, 6) is 1.62. The van der Waals surface area contributed by atoms with Crippen LogP contribution in [0.2, 0.25) is 0 Å². The summed E-state index contributed by atoms with van der Waals surface area (Å²) in [6, 6.07) is 11.5. The zero-order valence-corrected chi connectivity index (χ0v) is 15.9. The maximum absolute atomic E-state index is 12.4. The van der Waals surface area contributed by atoms with E-state index in [9.17, 15) is 4.79 Å². The van der Waals surface area contributed by atoms with Gasteiger partial charge in [-0.15, -0.1) is 5.10 Å². The Morgan fingerprint density at radius 3 is 2.50 bits per heavy atom. The standard InChI is InChI=1S/C20H25N5O3/c26-20(16-28-18-4-2-1-3-5-18)25-8-6-23(7-9-25)17-14-19(22-21-15-17)24-10-12-27-13-11-24/h1-5,14-15H,6-13,16H2. The lowest BCUT2D eigenvalue weighted by molar-refractivity contribution is -0.133. The Morgan fingerprint density at radius 1 is 1.00 bits per heavy atom. The minimum absolute atomic E-state index is 0.0189. The number of nitrogens with zero attached hydrogens (tertiary/aromatic N) is 5. The van der Waals surface area contributed by atoms with Crippen LogP contribution in [0.3, 0.4) is 0 Å². The minimum atomic E-state index is 0.0189. The van der Waals surface area contributed by atoms with Gasteiger partial charge in [-0.3, -0.25) is 4.79 Å². The van der Waals surface area contributed by atoms with Gasteiger partial charge in [-0.25, -0.2) is 0 Å². The second-order valence-electron chi connectivity index (χ2n) is 6.84. The van der Waals surface area contributed by atoms with Crippen molar-refractivity contribution in [3.63, 3.8) is 0 Å². The molecule has 0 saturated carbocycles. The van der Waals surface area contributed by atoms with Crippen molar-refractivity contribution < 1.29 is 14.3 Å². The molecule has 2 aliphatic rings. The van der Waals surface area contributed by atoms with E-state index >= 15 is 0 Å². The fraction of sp³-hybridized carbons (Fsp3) is 0.450. The number of carbonyl (C=O) groups is 1. The molecule has 0 unspecified atom stereocenters. The van der Waals surface area contributed by atoms with Gasteiger partial charge >= 0.3 is 0 Å². The summed E-state index contributed by atoms with van der Waals surface area (Å²) in [7, 11) is 0. The number of benzene rings is 1. The smallest absolute Gasteiger partial charge is 0.260 e. The first-order valence-corrected chi connectivity index (χ1v) is 9.65. The first kappa shape index (κ1) is 18.5. The fourth-order valence-electron chi connectivity index (χ4n) is 3.43. The topological polar surface area (TPSA) is 71.0 Å². The fourth-order valence-corrected chi connectivity index (χ4v) is 3.43. The number of anilines is 2. The summed E-state index contributed by atoms with van der Waals surface area (Å²) in [5, 5.41) is 8.44. The van der Waals surface area contributed by atoms with Crippen molar-refractivity contribution in [2.45, 2.75) is 0 Å². The lowest BCUT2D eigenvalue weighted by atomic mass is 10.2. The zero-order chi connectivity index (χ0) is 19.2. The number of morpholine rings is 1. The Labute approximate surface area is 164 Å². The van der Waals surface area contributed by atoms with Crippen LogP contribution >= 0.6 is 0 Å². The molecular weight excluding hydrogens is 358 g/mol. The van der Waals surface area contributed by atoms with E-state index in [-0.39, 0.29) is 12.5 Å². The van der Waals surface area contributed by atoms with Gasteiger partial charge in [0.1, 0.15) is 5.75 Å². The third-order valence-corrected chi connectivity index (χ3v) is 5.07. The molecule has 0 atom stereocenters. The normalized spacial score (nSPS) is 17.5. The highest BCUT2D eigenvalue weighted by Crippen LogP contribution is 2.21. The Morgan fingerprint density at radius 2 is 1.75 bits per heavy atom. The maximum atomic E-state index is 12.4. The van der Waals surface area contributed by atoms with Crippen LogP contribution in [0.1, 0.15) is 0 Å². The van der Waals surface area contributed by atoms with Crippen LogP contribution in [-0.2, 0) is 9.53 Å². The van der Waals surface area contributed by atoms with Crippen molar-refractivity contribution in [2.24, 2.45) is 0 Å². The number of rotatable bonds is 5. The first-order valence-electron chi connectivity index (χ1n) is 9.65. The molecule has 148 valence electrons. The molecule has 3 heterocycles. The molecule has 0 bridgehead atoms. The number of hydrogen-bond donors (Lipinski definition) is 0. The number of carbonyl (C=O) groups excluding carboxylic acids is 1. The van der Waals surface area contributed by atoms with Crippen LogP contribution in [0, 0.1) is 0 Å². The third-order valence-electron chi connectivity index (χ3n) is 5.07. The molecule has 0 aliphatic carbocycles. The summed E-state index contributed by atoms with van der Waals surface area (Å²) in [5.41, 5.74) is 1.05. The first-order chi connectivity index (χ1) is 13.8. The molecule has 2 aliphatic heterocycles.